The number of esters is 1. The summed E-state index contributed by atoms with van der Waals surface area (Å²) in [6.07, 6.45) is 3.37. The van der Waals surface area contributed by atoms with Crippen LogP contribution in [-0.4, -0.2) is 57.1 Å². The first-order valence-electron chi connectivity index (χ1n) is 12.0. The van der Waals surface area contributed by atoms with Crippen LogP contribution in [0.3, 0.4) is 0 Å². The molecule has 0 saturated carbocycles. The van der Waals surface area contributed by atoms with Gasteiger partial charge in [0.25, 0.3) is 0 Å². The number of carbonyl (C=O) groups is 1. The molecule has 0 radical (unpaired) electrons. The first kappa shape index (κ1) is 25.1. The molecule has 0 unspecified atom stereocenters. The van der Waals surface area contributed by atoms with Crippen molar-refractivity contribution in [3.63, 3.8) is 0 Å². The number of hydrogen-bond donors (Lipinski definition) is 0. The Kier molecular flexibility index (Phi) is 8.06. The van der Waals surface area contributed by atoms with Crippen LogP contribution in [0.1, 0.15) is 32.2 Å². The maximum atomic E-state index is 12.8. The Hall–Kier alpha value is -4.05. The van der Waals surface area contributed by atoms with E-state index in [-0.39, 0.29) is 18.2 Å². The van der Waals surface area contributed by atoms with E-state index in [1.54, 1.807) is 25.4 Å². The number of anilines is 1. The maximum absolute atomic E-state index is 12.8. The first-order valence-corrected chi connectivity index (χ1v) is 12.0. The number of carbonyl (C=O) groups excluding carboxylic acids is 1. The van der Waals surface area contributed by atoms with Gasteiger partial charge in [0.1, 0.15) is 5.58 Å². The van der Waals surface area contributed by atoms with Gasteiger partial charge in [0, 0.05) is 49.5 Å². The predicted octanol–water partition coefficient (Wildman–Crippen LogP) is 3.18. The van der Waals surface area contributed by atoms with Crippen molar-refractivity contribution in [1.29, 1.82) is 0 Å². The van der Waals surface area contributed by atoms with Crippen LogP contribution < -0.4 is 10.5 Å². The van der Waals surface area contributed by atoms with E-state index in [2.05, 4.69) is 34.0 Å². The van der Waals surface area contributed by atoms with E-state index < -0.39 is 5.63 Å². The minimum Gasteiger partial charge on any atom is -0.465 e. The van der Waals surface area contributed by atoms with Gasteiger partial charge in [-0.25, -0.2) is 9.48 Å². The molecule has 0 aliphatic rings. The van der Waals surface area contributed by atoms with Gasteiger partial charge in [-0.3, -0.25) is 14.7 Å². The van der Waals surface area contributed by atoms with E-state index >= 15 is 0 Å². The number of rotatable bonds is 11. The largest absolute Gasteiger partial charge is 0.465 e. The highest BCUT2D eigenvalue weighted by Gasteiger charge is 2.17. The Balaban J connectivity index is 1.57. The number of fused-ring (bicyclic) bond motifs is 1. The Labute approximate surface area is 209 Å². The van der Waals surface area contributed by atoms with E-state index in [4.69, 9.17) is 9.15 Å². The summed E-state index contributed by atoms with van der Waals surface area (Å²) in [5.74, 6) is -0.333. The van der Waals surface area contributed by atoms with Crippen LogP contribution in [0.15, 0.2) is 64.1 Å². The van der Waals surface area contributed by atoms with Crippen LogP contribution in [0.4, 0.5) is 5.69 Å². The lowest BCUT2D eigenvalue weighted by Gasteiger charge is -2.21. The highest BCUT2D eigenvalue weighted by atomic mass is 16.5. The van der Waals surface area contributed by atoms with Gasteiger partial charge in [-0.1, -0.05) is 11.3 Å². The third-order valence-electron chi connectivity index (χ3n) is 5.77. The Morgan fingerprint density at radius 2 is 1.86 bits per heavy atom. The standard InChI is InChI=1S/C26H30N6O4/c1-4-31(5-2)22-11-10-19-13-23(26(34)36-24(19)14-22)32-17-21(28-29-32)16-30(18-25(33)35-6-3)15-20-9-7-8-12-27-20/h7-14,17H,4-6,15-16,18H2,1-3H3. The van der Waals surface area contributed by atoms with Crippen molar-refractivity contribution < 1.29 is 13.9 Å². The first-order chi connectivity index (χ1) is 17.5. The number of ether oxygens (including phenoxy) is 1. The maximum Gasteiger partial charge on any atom is 0.362 e. The van der Waals surface area contributed by atoms with Crippen molar-refractivity contribution in [3.05, 3.63) is 76.7 Å². The molecule has 1 aromatic carbocycles. The van der Waals surface area contributed by atoms with Crippen molar-refractivity contribution in [2.75, 3.05) is 31.1 Å². The van der Waals surface area contributed by atoms with Gasteiger partial charge in [-0.15, -0.1) is 5.10 Å². The third kappa shape index (κ3) is 5.95. The minimum absolute atomic E-state index is 0.0737. The van der Waals surface area contributed by atoms with E-state index in [9.17, 15) is 9.59 Å². The zero-order chi connectivity index (χ0) is 25.5. The van der Waals surface area contributed by atoms with Gasteiger partial charge in [-0.2, -0.15) is 0 Å². The van der Waals surface area contributed by atoms with Gasteiger partial charge in [0.15, 0.2) is 5.69 Å². The van der Waals surface area contributed by atoms with E-state index in [1.165, 1.54) is 4.68 Å². The normalized spacial score (nSPS) is 11.2. The van der Waals surface area contributed by atoms with Crippen molar-refractivity contribution in [2.45, 2.75) is 33.9 Å². The van der Waals surface area contributed by atoms with Crippen LogP contribution >= 0.6 is 0 Å². The minimum atomic E-state index is -0.507. The molecule has 0 aliphatic heterocycles. The van der Waals surface area contributed by atoms with E-state index in [1.807, 2.05) is 41.3 Å². The van der Waals surface area contributed by atoms with E-state index in [0.717, 1.165) is 29.9 Å². The number of benzene rings is 1. The highest BCUT2D eigenvalue weighted by molar-refractivity contribution is 5.82. The van der Waals surface area contributed by atoms with E-state index in [0.29, 0.717) is 31.0 Å². The molecule has 3 heterocycles. The summed E-state index contributed by atoms with van der Waals surface area (Å²) < 4.78 is 12.1. The summed E-state index contributed by atoms with van der Waals surface area (Å²) in [6, 6.07) is 13.2. The molecule has 0 amide bonds. The zero-order valence-electron chi connectivity index (χ0n) is 20.8. The topological polar surface area (TPSA) is 107 Å². The molecule has 0 aliphatic carbocycles. The summed E-state index contributed by atoms with van der Waals surface area (Å²) in [5, 5.41) is 9.15. The number of hydrogen-bond acceptors (Lipinski definition) is 9. The lowest BCUT2D eigenvalue weighted by Crippen LogP contribution is -2.30. The fourth-order valence-corrected chi connectivity index (χ4v) is 4.03. The van der Waals surface area contributed by atoms with Crippen molar-refractivity contribution in [3.8, 4) is 5.69 Å². The highest BCUT2D eigenvalue weighted by Crippen LogP contribution is 2.22. The Morgan fingerprint density at radius 1 is 1.06 bits per heavy atom. The molecule has 36 heavy (non-hydrogen) atoms. The van der Waals surface area contributed by atoms with Crippen LogP contribution in [0.2, 0.25) is 0 Å². The second-order valence-corrected chi connectivity index (χ2v) is 8.24. The molecule has 10 nitrogen and oxygen atoms in total. The third-order valence-corrected chi connectivity index (χ3v) is 5.77. The molecule has 4 aromatic rings. The average Bonchev–Trinajstić information content (AvgIpc) is 3.33. The summed E-state index contributed by atoms with van der Waals surface area (Å²) in [6.45, 7) is 8.79. The molecule has 0 fully saturated rings. The fraction of sp³-hybridized carbons (Fsp3) is 0.346. The molecular formula is C26H30N6O4. The Morgan fingerprint density at radius 3 is 2.58 bits per heavy atom. The fourth-order valence-electron chi connectivity index (χ4n) is 4.03. The molecule has 4 rings (SSSR count). The second kappa shape index (κ2) is 11.6. The molecule has 0 saturated heterocycles. The van der Waals surface area contributed by atoms with Gasteiger partial charge < -0.3 is 14.1 Å². The van der Waals surface area contributed by atoms with Crippen LogP contribution in [0.5, 0.6) is 0 Å². The molecule has 0 bridgehead atoms. The van der Waals surface area contributed by atoms with Crippen molar-refractivity contribution in [1.82, 2.24) is 24.9 Å². The monoisotopic (exact) mass is 490 g/mol. The number of aromatic nitrogens is 4. The molecule has 0 spiro atoms. The summed E-state index contributed by atoms with van der Waals surface area (Å²) >= 11 is 0. The summed E-state index contributed by atoms with van der Waals surface area (Å²) in [7, 11) is 0. The van der Waals surface area contributed by atoms with Gasteiger partial charge in [0.2, 0.25) is 0 Å². The van der Waals surface area contributed by atoms with Crippen LogP contribution in [0.25, 0.3) is 16.7 Å². The number of nitrogens with zero attached hydrogens (tertiary/aromatic N) is 6. The molecule has 0 atom stereocenters. The second-order valence-electron chi connectivity index (χ2n) is 8.24. The molecule has 188 valence electrons. The number of pyridine rings is 1. The van der Waals surface area contributed by atoms with Crippen molar-refractivity contribution >= 4 is 22.6 Å². The van der Waals surface area contributed by atoms with Gasteiger partial charge >= 0.3 is 11.6 Å². The van der Waals surface area contributed by atoms with Gasteiger partial charge in [0.05, 0.1) is 30.7 Å². The lowest BCUT2D eigenvalue weighted by atomic mass is 10.2. The predicted molar refractivity (Wildman–Crippen MR) is 136 cm³/mol. The van der Waals surface area contributed by atoms with Crippen LogP contribution in [-0.2, 0) is 22.6 Å². The molecule has 10 heteroatoms. The molecule has 3 aromatic heterocycles. The average molecular weight is 491 g/mol. The SMILES string of the molecule is CCOC(=O)CN(Cc1ccccn1)Cc1cn(-c2cc3ccc(N(CC)CC)cc3oc2=O)nn1. The lowest BCUT2D eigenvalue weighted by molar-refractivity contribution is -0.144. The van der Waals surface area contributed by atoms with Crippen LogP contribution in [0, 0.1) is 0 Å². The molecular weight excluding hydrogens is 460 g/mol. The summed E-state index contributed by atoms with van der Waals surface area (Å²) in [4.78, 5) is 33.3. The van der Waals surface area contributed by atoms with Gasteiger partial charge in [-0.05, 0) is 51.1 Å². The molecule has 0 N–H and O–H groups in total. The Bertz CT molecular complexity index is 1360. The quantitative estimate of drug-likeness (QED) is 0.231. The van der Waals surface area contributed by atoms with Crippen molar-refractivity contribution in [2.24, 2.45) is 0 Å². The zero-order valence-corrected chi connectivity index (χ0v) is 20.8. The summed E-state index contributed by atoms with van der Waals surface area (Å²) in [5.41, 5.74) is 2.68. The smallest absolute Gasteiger partial charge is 0.362 e.